The van der Waals surface area contributed by atoms with E-state index < -0.39 is 0 Å². The second-order valence-corrected chi connectivity index (χ2v) is 4.75. The van der Waals surface area contributed by atoms with Crippen molar-refractivity contribution in [2.75, 3.05) is 0 Å². The first-order chi connectivity index (χ1) is 10.9. The molecule has 0 N–H and O–H groups in total. The van der Waals surface area contributed by atoms with Crippen LogP contribution in [0.25, 0.3) is 17.2 Å². The van der Waals surface area contributed by atoms with Gasteiger partial charge >= 0.3 is 0 Å². The van der Waals surface area contributed by atoms with E-state index in [4.69, 9.17) is 4.42 Å². The molecule has 3 heterocycles. The lowest BCUT2D eigenvalue weighted by Crippen LogP contribution is -1.88. The first-order valence-corrected chi connectivity index (χ1v) is 6.86. The summed E-state index contributed by atoms with van der Waals surface area (Å²) in [6, 6.07) is 17.4. The highest BCUT2D eigenvalue weighted by molar-refractivity contribution is 5.53. The third-order valence-corrected chi connectivity index (χ3v) is 3.20. The summed E-state index contributed by atoms with van der Waals surface area (Å²) < 4.78 is 7.03. The second-order valence-electron chi connectivity index (χ2n) is 4.75. The quantitative estimate of drug-likeness (QED) is 0.503. The molecule has 0 aliphatic rings. The molecular weight excluding hydrogens is 274 g/mol. The van der Waals surface area contributed by atoms with Crippen LogP contribution in [0.2, 0.25) is 0 Å². The molecule has 0 amide bonds. The van der Waals surface area contributed by atoms with Crippen molar-refractivity contribution in [2.24, 2.45) is 0 Å². The molecule has 0 unspecified atom stereocenters. The smallest absolute Gasteiger partial charge is 0.217 e. The topological polar surface area (TPSA) is 43.3 Å². The Morgan fingerprint density at radius 2 is 1.73 bits per heavy atom. The molecule has 0 bridgehead atoms. The fourth-order valence-corrected chi connectivity index (χ4v) is 2.13. The molecule has 0 aliphatic carbocycles. The molecule has 0 spiro atoms. The molecule has 0 saturated carbocycles. The number of nitrogens with zero attached hydrogens (tertiary/aromatic N) is 3. The summed E-state index contributed by atoms with van der Waals surface area (Å²) in [7, 11) is 0. The molecule has 0 atom stereocenters. The molecule has 1 aromatic carbocycles. The summed E-state index contributed by atoms with van der Waals surface area (Å²) in [5, 5.41) is 4.41. The van der Waals surface area contributed by atoms with Crippen LogP contribution < -0.4 is 0 Å². The third-order valence-electron chi connectivity index (χ3n) is 3.20. The molecule has 22 heavy (non-hydrogen) atoms. The molecule has 0 fully saturated rings. The molecular formula is C18H11N3O. The lowest BCUT2D eigenvalue weighted by molar-refractivity contribution is 0.577. The van der Waals surface area contributed by atoms with Crippen molar-refractivity contribution in [3.05, 3.63) is 78.2 Å². The number of aromatic nitrogens is 3. The van der Waals surface area contributed by atoms with Gasteiger partial charge in [-0.2, -0.15) is 0 Å². The summed E-state index contributed by atoms with van der Waals surface area (Å²) in [5.74, 6) is 7.49. The monoisotopic (exact) mass is 285 g/mol. The van der Waals surface area contributed by atoms with E-state index in [2.05, 4.69) is 21.9 Å². The third kappa shape index (κ3) is 2.36. The van der Waals surface area contributed by atoms with Gasteiger partial charge in [-0.05, 0) is 36.4 Å². The fourth-order valence-electron chi connectivity index (χ4n) is 2.13. The van der Waals surface area contributed by atoms with Crippen LogP contribution in [0.4, 0.5) is 0 Å². The van der Waals surface area contributed by atoms with Crippen LogP contribution >= 0.6 is 0 Å². The maximum atomic E-state index is 5.32. The molecule has 4 rings (SSSR count). The number of hydrogen-bond acceptors (Lipinski definition) is 3. The molecule has 0 saturated heterocycles. The maximum Gasteiger partial charge on any atom is 0.217 e. The Morgan fingerprint density at radius 3 is 2.55 bits per heavy atom. The SMILES string of the molecule is C(#Cc1ccc2nc(-c3ccco3)nn2c1)c1ccccc1. The number of pyridine rings is 1. The minimum absolute atomic E-state index is 0.568. The van der Waals surface area contributed by atoms with Gasteiger partial charge in [0, 0.05) is 17.3 Å². The van der Waals surface area contributed by atoms with E-state index in [1.807, 2.05) is 60.8 Å². The van der Waals surface area contributed by atoms with Gasteiger partial charge in [0.1, 0.15) is 0 Å². The number of rotatable bonds is 1. The van der Waals surface area contributed by atoms with Crippen molar-refractivity contribution >= 4 is 5.65 Å². The second kappa shape index (κ2) is 5.23. The van der Waals surface area contributed by atoms with Gasteiger partial charge in [0.15, 0.2) is 11.4 Å². The molecule has 4 aromatic rings. The summed E-state index contributed by atoms with van der Waals surface area (Å²) in [5.41, 5.74) is 2.63. The summed E-state index contributed by atoms with van der Waals surface area (Å²) >= 11 is 0. The van der Waals surface area contributed by atoms with Crippen LogP contribution in [-0.4, -0.2) is 14.6 Å². The summed E-state index contributed by atoms with van der Waals surface area (Å²) in [6.07, 6.45) is 3.47. The number of furan rings is 1. The standard InChI is InChI=1S/C18H11N3O/c1-2-5-14(6-3-1)8-9-15-10-11-17-19-18(20-21(17)13-15)16-7-4-12-22-16/h1-7,10-13H. The van der Waals surface area contributed by atoms with Crippen LogP contribution in [0.3, 0.4) is 0 Å². The van der Waals surface area contributed by atoms with Crippen LogP contribution in [-0.2, 0) is 0 Å². The van der Waals surface area contributed by atoms with Crippen molar-refractivity contribution in [3.8, 4) is 23.4 Å². The summed E-state index contributed by atoms with van der Waals surface area (Å²) in [4.78, 5) is 4.42. The van der Waals surface area contributed by atoms with Crippen LogP contribution in [0.15, 0.2) is 71.5 Å². The first kappa shape index (κ1) is 12.4. The Kier molecular flexibility index (Phi) is 2.95. The average Bonchev–Trinajstić information content (AvgIpc) is 3.22. The van der Waals surface area contributed by atoms with Crippen LogP contribution in [0.1, 0.15) is 11.1 Å². The van der Waals surface area contributed by atoms with Gasteiger partial charge < -0.3 is 4.42 Å². The zero-order valence-electron chi connectivity index (χ0n) is 11.6. The van der Waals surface area contributed by atoms with Gasteiger partial charge in [-0.25, -0.2) is 9.50 Å². The van der Waals surface area contributed by atoms with Crippen LogP contribution in [0.5, 0.6) is 0 Å². The van der Waals surface area contributed by atoms with Gasteiger partial charge in [-0.3, -0.25) is 0 Å². The van der Waals surface area contributed by atoms with Crippen LogP contribution in [0, 0.1) is 11.8 Å². The molecule has 4 nitrogen and oxygen atoms in total. The zero-order valence-corrected chi connectivity index (χ0v) is 11.6. The summed E-state index contributed by atoms with van der Waals surface area (Å²) in [6.45, 7) is 0. The minimum Gasteiger partial charge on any atom is -0.461 e. The van der Waals surface area contributed by atoms with E-state index in [0.717, 1.165) is 16.8 Å². The molecule has 0 aliphatic heterocycles. The van der Waals surface area contributed by atoms with E-state index >= 15 is 0 Å². The highest BCUT2D eigenvalue weighted by Crippen LogP contribution is 2.16. The maximum absolute atomic E-state index is 5.32. The van der Waals surface area contributed by atoms with Gasteiger partial charge in [-0.1, -0.05) is 30.0 Å². The molecule has 104 valence electrons. The Hall–Kier alpha value is -3.32. The van der Waals surface area contributed by atoms with Gasteiger partial charge in [0.05, 0.1) is 6.26 Å². The van der Waals surface area contributed by atoms with E-state index in [0.29, 0.717) is 11.6 Å². The van der Waals surface area contributed by atoms with Crippen molar-refractivity contribution in [1.29, 1.82) is 0 Å². The van der Waals surface area contributed by atoms with Gasteiger partial charge in [-0.15, -0.1) is 5.10 Å². The number of hydrogen-bond donors (Lipinski definition) is 0. The Morgan fingerprint density at radius 1 is 0.864 bits per heavy atom. The highest BCUT2D eigenvalue weighted by atomic mass is 16.3. The van der Waals surface area contributed by atoms with Crippen molar-refractivity contribution in [2.45, 2.75) is 0 Å². The Balaban J connectivity index is 1.71. The lowest BCUT2D eigenvalue weighted by atomic mass is 10.2. The Labute approximate surface area is 127 Å². The average molecular weight is 285 g/mol. The van der Waals surface area contributed by atoms with E-state index in [1.54, 1.807) is 10.8 Å². The zero-order chi connectivity index (χ0) is 14.8. The Bertz CT molecular complexity index is 974. The first-order valence-electron chi connectivity index (χ1n) is 6.86. The predicted molar refractivity (Wildman–Crippen MR) is 83.1 cm³/mol. The molecule has 3 aromatic heterocycles. The van der Waals surface area contributed by atoms with E-state index in [9.17, 15) is 0 Å². The van der Waals surface area contributed by atoms with Crippen molar-refractivity contribution in [3.63, 3.8) is 0 Å². The van der Waals surface area contributed by atoms with Gasteiger partial charge in [0.2, 0.25) is 5.82 Å². The number of fused-ring (bicyclic) bond motifs is 1. The molecule has 0 radical (unpaired) electrons. The fraction of sp³-hybridized carbons (Fsp3) is 0. The van der Waals surface area contributed by atoms with Crippen molar-refractivity contribution in [1.82, 2.24) is 14.6 Å². The lowest BCUT2D eigenvalue weighted by Gasteiger charge is -1.92. The number of benzene rings is 1. The predicted octanol–water partition coefficient (Wildman–Crippen LogP) is 3.39. The largest absolute Gasteiger partial charge is 0.461 e. The normalized spacial score (nSPS) is 10.4. The van der Waals surface area contributed by atoms with E-state index in [-0.39, 0.29) is 0 Å². The molecule has 4 heteroatoms. The van der Waals surface area contributed by atoms with Crippen molar-refractivity contribution < 1.29 is 4.42 Å². The highest BCUT2D eigenvalue weighted by Gasteiger charge is 2.08. The van der Waals surface area contributed by atoms with Gasteiger partial charge in [0.25, 0.3) is 0 Å². The minimum atomic E-state index is 0.568. The van der Waals surface area contributed by atoms with E-state index in [1.165, 1.54) is 0 Å².